The molecule has 11 aromatic rings. The first kappa shape index (κ1) is 132. The maximum Gasteiger partial charge on any atom is 0.254 e. The van der Waals surface area contributed by atoms with E-state index in [1.54, 1.807) is 23.6 Å². The molecule has 2 aromatic carbocycles. The molecule has 29 nitrogen and oxygen atoms in total. The third-order valence-corrected chi connectivity index (χ3v) is 20.7. The second kappa shape index (κ2) is 61.5. The molecule has 22 rings (SSSR count). The molecule has 0 unspecified atom stereocenters. The molecule has 0 fully saturated rings. The maximum atomic E-state index is 11.3. The lowest BCUT2D eigenvalue weighted by Gasteiger charge is -2.04. The maximum absolute atomic E-state index is 11.3. The molecule has 0 bridgehead atoms. The topological polar surface area (TPSA) is 242 Å². The number of fused-ring (bicyclic) bond motifs is 11. The molecule has 29 heteroatoms. The van der Waals surface area contributed by atoms with Crippen LogP contribution in [0.3, 0.4) is 0 Å². The Labute approximate surface area is 786 Å². The van der Waals surface area contributed by atoms with E-state index in [0.717, 1.165) is 177 Å². The molecule has 1 N–H and O–H groups in total. The molecule has 0 radical (unpaired) electrons. The molecular weight excluding hydrogens is 1610 g/mol. The number of nitrogens with one attached hydrogen (secondary N) is 1. The summed E-state index contributed by atoms with van der Waals surface area (Å²) in [6, 6.07) is 22.6. The number of aryl methyl sites for hydroxylation is 5. The third-order valence-electron chi connectivity index (χ3n) is 20.7. The minimum Gasteiger partial charge on any atom is -0.359 e. The average Bonchev–Trinajstić information content (AvgIpc) is 1.65. The van der Waals surface area contributed by atoms with E-state index in [2.05, 4.69) is 247 Å². The van der Waals surface area contributed by atoms with Gasteiger partial charge in [0, 0.05) is 229 Å². The van der Waals surface area contributed by atoms with Crippen LogP contribution in [-0.2, 0) is 166 Å². The lowest BCUT2D eigenvalue weighted by Crippen LogP contribution is -2.35. The smallest absolute Gasteiger partial charge is 0.254 e. The van der Waals surface area contributed by atoms with Gasteiger partial charge in [0.2, 0.25) is 5.69 Å². The van der Waals surface area contributed by atoms with Crippen LogP contribution in [0.25, 0.3) is 0 Å². The predicted molar refractivity (Wildman–Crippen MR) is 545 cm³/mol. The van der Waals surface area contributed by atoms with E-state index in [9.17, 15) is 4.79 Å². The Morgan fingerprint density at radius 1 is 0.357 bits per heavy atom. The van der Waals surface area contributed by atoms with Gasteiger partial charge in [0.1, 0.15) is 19.1 Å². The minimum atomic E-state index is 0. The molecule has 0 aliphatic carbocycles. The van der Waals surface area contributed by atoms with Crippen molar-refractivity contribution in [1.82, 2.24) is 129 Å². The summed E-state index contributed by atoms with van der Waals surface area (Å²) in [6.45, 7) is 23.2. The Morgan fingerprint density at radius 3 is 1.31 bits per heavy atom. The van der Waals surface area contributed by atoms with Crippen LogP contribution in [0, 0.1) is 6.92 Å². The monoisotopic (exact) mass is 1800 g/mol. The van der Waals surface area contributed by atoms with Gasteiger partial charge >= 0.3 is 0 Å². The van der Waals surface area contributed by atoms with Crippen molar-refractivity contribution in [2.24, 2.45) is 28.2 Å². The van der Waals surface area contributed by atoms with Gasteiger partial charge in [0.05, 0.1) is 59.5 Å². The van der Waals surface area contributed by atoms with Crippen LogP contribution in [0.4, 0.5) is 0 Å². The van der Waals surface area contributed by atoms with Crippen molar-refractivity contribution in [3.05, 3.63) is 258 Å². The number of hydrogen-bond donors (Lipinski definition) is 1. The van der Waals surface area contributed by atoms with Crippen LogP contribution in [0.5, 0.6) is 0 Å². The van der Waals surface area contributed by atoms with Gasteiger partial charge in [-0.2, -0.15) is 9.78 Å². The Bertz CT molecular complexity index is 4220. The largest absolute Gasteiger partial charge is 0.359 e. The number of pyridine rings is 2. The Balaban J connectivity index is -0.000000250. The number of hydrogen-bond acceptors (Lipinski definition) is 23. The molecule has 0 saturated carbocycles. The normalized spacial score (nSPS) is 14.9. The molecule has 11 aliphatic rings. The number of aromatic nitrogens is 16. The quantitative estimate of drug-likeness (QED) is 0.139. The fourth-order valence-electron chi connectivity index (χ4n) is 15.2. The number of nitrogens with zero attached hydrogens (tertiary/aromatic N) is 26. The van der Waals surface area contributed by atoms with E-state index in [-0.39, 0.29) is 140 Å². The number of carbonyl (C=O) groups excluding carboxylic acids is 1. The molecular formula is C100H184N27O2+. The zero-order valence-corrected chi connectivity index (χ0v) is 67.9. The SMILES string of the molecule is C.C.C.C.C.C.C.C.C.C.C.C.C.C.C.C.C.C.CN1Cc2ccccc2C1.CN1Cc2ccccc2C1=O.CN1Cc2cccnc2C1.CN1Cc2ccncc2C1.CN1Cc2cn(C)cc2C1.CN1Cc2cn(C)nc2C1.CN1Cc2cncnc2C1.CN1Cc2n[nH][n+](C)c2C1.CN1Cc2nccnc2C1.CN1Cc2nnn(C)c2C1.Cc1noc2c1CN(C)C2. The third kappa shape index (κ3) is 35.6. The fourth-order valence-corrected chi connectivity index (χ4v) is 15.2. The number of H-pyrrole nitrogens is 1. The van der Waals surface area contributed by atoms with Crippen molar-refractivity contribution < 1.29 is 14.0 Å². The summed E-state index contributed by atoms with van der Waals surface area (Å²) < 4.78 is 12.9. The van der Waals surface area contributed by atoms with Crippen LogP contribution in [0.2, 0.25) is 0 Å². The zero-order chi connectivity index (χ0) is 78.4. The summed E-state index contributed by atoms with van der Waals surface area (Å²) in [6.07, 6.45) is 19.2. The molecule has 9 aromatic heterocycles. The number of amides is 1. The molecule has 11 aliphatic heterocycles. The lowest BCUT2D eigenvalue weighted by molar-refractivity contribution is -0.737. The molecule has 730 valence electrons. The summed E-state index contributed by atoms with van der Waals surface area (Å²) in [5.74, 6) is 1.18. The molecule has 0 spiro atoms. The van der Waals surface area contributed by atoms with Crippen molar-refractivity contribution in [3.8, 4) is 0 Å². The summed E-state index contributed by atoms with van der Waals surface area (Å²) in [5.41, 5.74) is 27.9. The molecule has 1 amide bonds. The van der Waals surface area contributed by atoms with Crippen molar-refractivity contribution >= 4 is 5.91 Å². The zero-order valence-electron chi connectivity index (χ0n) is 67.9. The lowest BCUT2D eigenvalue weighted by atomic mass is 10.1. The van der Waals surface area contributed by atoms with Gasteiger partial charge in [0.15, 0.2) is 11.5 Å². The fraction of sp³-hybridized carbons (Fsp3) is 0.550. The van der Waals surface area contributed by atoms with E-state index in [1.807, 2.05) is 104 Å². The van der Waals surface area contributed by atoms with E-state index in [1.165, 1.54) is 89.8 Å². The van der Waals surface area contributed by atoms with Gasteiger partial charge < -0.3 is 14.0 Å². The minimum absolute atomic E-state index is 0. The van der Waals surface area contributed by atoms with Crippen LogP contribution in [0.1, 0.15) is 268 Å². The van der Waals surface area contributed by atoms with Gasteiger partial charge in [0.25, 0.3) is 5.91 Å². The molecule has 0 saturated heterocycles. The van der Waals surface area contributed by atoms with E-state index < -0.39 is 0 Å². The second-order valence-electron chi connectivity index (χ2n) is 31.2. The van der Waals surface area contributed by atoms with Gasteiger partial charge in [-0.25, -0.2) is 9.97 Å². The van der Waals surface area contributed by atoms with Gasteiger partial charge in [-0.3, -0.25) is 83.1 Å². The molecule has 129 heavy (non-hydrogen) atoms. The highest BCUT2D eigenvalue weighted by atomic mass is 16.5. The Kier molecular flexibility index (Phi) is 63.0. The van der Waals surface area contributed by atoms with Gasteiger partial charge in [-0.15, -0.1) is 5.10 Å². The van der Waals surface area contributed by atoms with Crippen LogP contribution < -0.4 is 4.68 Å². The summed E-state index contributed by atoms with van der Waals surface area (Å²) in [5, 5.41) is 23.2. The highest BCUT2D eigenvalue weighted by molar-refractivity contribution is 5.98. The van der Waals surface area contributed by atoms with Crippen LogP contribution >= 0.6 is 0 Å². The highest BCUT2D eigenvalue weighted by Crippen LogP contribution is 2.27. The Morgan fingerprint density at radius 2 is 0.783 bits per heavy atom. The van der Waals surface area contributed by atoms with Crippen molar-refractivity contribution in [1.29, 1.82) is 0 Å². The number of rotatable bonds is 0. The van der Waals surface area contributed by atoms with E-state index >= 15 is 0 Å². The van der Waals surface area contributed by atoms with Crippen molar-refractivity contribution in [3.63, 3.8) is 0 Å². The second-order valence-corrected chi connectivity index (χ2v) is 31.2. The van der Waals surface area contributed by atoms with Crippen molar-refractivity contribution in [2.75, 3.05) is 77.5 Å². The van der Waals surface area contributed by atoms with Gasteiger partial charge in [-0.05, 0) is 140 Å². The highest BCUT2D eigenvalue weighted by Gasteiger charge is 2.29. The summed E-state index contributed by atoms with van der Waals surface area (Å²) in [4.78, 5) is 60.5. The van der Waals surface area contributed by atoms with Gasteiger partial charge in [-0.1, -0.05) is 198 Å². The number of carbonyl (C=O) groups is 1. The van der Waals surface area contributed by atoms with Crippen LogP contribution in [-0.4, -0.2) is 212 Å². The first-order valence-corrected chi connectivity index (χ1v) is 38.0. The summed E-state index contributed by atoms with van der Waals surface area (Å²) in [7, 11) is 30.9. The van der Waals surface area contributed by atoms with E-state index in [0.29, 0.717) is 0 Å². The standard InChI is InChI=1S/C9H9NO.C9H11N.C8H12N2.2C8H10N2.C7H11N3.2C7H9N3.C7H10N2O.2C6H10N4.18CH4/c1-10-6-7-4-2-3-5-8(7)9(10)11;1-10-6-8-4-2-3-5-9(8)7-10;1-9-3-7-5-10(2)6-8(7)4-9;1-10-5-7-2-3-9-4-8(7)6-10;1-10-5-7-3-2-4-9-8(7)6-10;1-9-3-6-4-10(2)8-7(6)5-9;1-10-3-6-2-8-5-9-7(6)4-10;1-10-4-6-7(5-10)9-3-2-8-6;1-5-6-3-9(2)4-7(6)10-8-5;2*1-9-3-5-6(4-9)10(2)8-7-5;;;;;;;;;;;;;;;;;;/h2-5H,6H2,1H3;2-5H,6-7H2,1H3;3-4H,5-6H2,1-2H3;2*2-4H,5-6H2,1H3;4H,3,5H2,1-2H3;2,5H,3-4H2,1H3;2-3H,4-5H2,1H3;3*3-4H2,1-2H3;18*1H4/p+1. The van der Waals surface area contributed by atoms with Crippen LogP contribution in [0.15, 0.2) is 133 Å². The van der Waals surface area contributed by atoms with Crippen molar-refractivity contribution in [2.45, 2.75) is 278 Å². The Hall–Kier alpha value is -10.0. The molecule has 20 heterocycles. The number of aromatic amines is 1. The first-order chi connectivity index (χ1) is 53.4. The first-order valence-electron chi connectivity index (χ1n) is 38.0. The van der Waals surface area contributed by atoms with E-state index in [4.69, 9.17) is 4.52 Å². The average molecular weight is 1800 g/mol. The molecule has 0 atom stereocenters. The number of benzene rings is 2. The summed E-state index contributed by atoms with van der Waals surface area (Å²) >= 11 is 0. The predicted octanol–water partition coefficient (Wildman–Crippen LogP) is 18.5.